The maximum Gasteiger partial charge on any atom is 0.303 e. The first-order valence-corrected chi connectivity index (χ1v) is 10.1. The number of nitrogens with two attached hydrogens (primary N) is 1. The van der Waals surface area contributed by atoms with E-state index in [4.69, 9.17) is 20.3 Å². The third-order valence-electron chi connectivity index (χ3n) is 5.39. The summed E-state index contributed by atoms with van der Waals surface area (Å²) in [5, 5.41) is 9.16. The van der Waals surface area contributed by atoms with Gasteiger partial charge >= 0.3 is 5.97 Å². The van der Waals surface area contributed by atoms with Gasteiger partial charge in [-0.1, -0.05) is 24.3 Å². The van der Waals surface area contributed by atoms with E-state index < -0.39 is 11.9 Å². The molecule has 0 spiro atoms. The van der Waals surface area contributed by atoms with Crippen LogP contribution < -0.4 is 5.73 Å². The number of ether oxygens (including phenoxy) is 2. The van der Waals surface area contributed by atoms with Gasteiger partial charge in [-0.05, 0) is 61.7 Å². The van der Waals surface area contributed by atoms with Crippen LogP contribution in [0.5, 0.6) is 0 Å². The molecule has 0 radical (unpaired) electrons. The number of primary amides is 1. The van der Waals surface area contributed by atoms with Crippen molar-refractivity contribution >= 4 is 11.9 Å². The molecule has 1 amide bonds. The van der Waals surface area contributed by atoms with Crippen molar-refractivity contribution in [3.05, 3.63) is 77.0 Å². The van der Waals surface area contributed by atoms with Gasteiger partial charge < -0.3 is 24.9 Å². The fourth-order valence-electron chi connectivity index (χ4n) is 3.80. The van der Waals surface area contributed by atoms with Crippen molar-refractivity contribution in [2.45, 2.75) is 39.3 Å². The van der Waals surface area contributed by atoms with Gasteiger partial charge in [-0.15, -0.1) is 0 Å². The molecule has 1 saturated heterocycles. The SMILES string of the molecule is Cc1cc(C(N)=O)ccc1-n1c(CCC(=O)O)ccc1-c1ccc(C2OC(C)O2)cc1. The van der Waals surface area contributed by atoms with Crippen LogP contribution in [0.3, 0.4) is 0 Å². The van der Waals surface area contributed by atoms with Crippen LogP contribution in [0.25, 0.3) is 16.9 Å². The number of nitrogens with zero attached hydrogens (tertiary/aromatic N) is 1. The second-order valence-corrected chi connectivity index (χ2v) is 7.60. The Morgan fingerprint density at radius 2 is 1.77 bits per heavy atom. The van der Waals surface area contributed by atoms with Crippen molar-refractivity contribution in [1.82, 2.24) is 4.57 Å². The van der Waals surface area contributed by atoms with Gasteiger partial charge in [0, 0.05) is 22.5 Å². The van der Waals surface area contributed by atoms with E-state index in [9.17, 15) is 9.59 Å². The van der Waals surface area contributed by atoms with Gasteiger partial charge in [-0.25, -0.2) is 0 Å². The van der Waals surface area contributed by atoms with Crippen LogP contribution in [0.2, 0.25) is 0 Å². The summed E-state index contributed by atoms with van der Waals surface area (Å²) in [5.74, 6) is -1.34. The van der Waals surface area contributed by atoms with Crippen LogP contribution in [0.1, 0.15) is 46.8 Å². The van der Waals surface area contributed by atoms with Crippen LogP contribution in [0.15, 0.2) is 54.6 Å². The second-order valence-electron chi connectivity index (χ2n) is 7.60. The molecular formula is C24H24N2O5. The number of rotatable bonds is 7. The topological polar surface area (TPSA) is 104 Å². The highest BCUT2D eigenvalue weighted by molar-refractivity contribution is 5.93. The maximum atomic E-state index is 11.6. The normalized spacial score (nSPS) is 17.9. The molecule has 2 heterocycles. The summed E-state index contributed by atoms with van der Waals surface area (Å²) in [4.78, 5) is 22.7. The van der Waals surface area contributed by atoms with Crippen LogP contribution in [-0.4, -0.2) is 27.8 Å². The Hall–Kier alpha value is -3.42. The summed E-state index contributed by atoms with van der Waals surface area (Å²) in [6.07, 6.45) is -0.128. The Labute approximate surface area is 180 Å². The number of hydrogen-bond acceptors (Lipinski definition) is 4. The number of amides is 1. The fourth-order valence-corrected chi connectivity index (χ4v) is 3.80. The Bertz CT molecular complexity index is 1130. The highest BCUT2D eigenvalue weighted by Crippen LogP contribution is 2.34. The number of aliphatic carboxylic acids is 1. The molecule has 7 heteroatoms. The van der Waals surface area contributed by atoms with Gasteiger partial charge in [0.25, 0.3) is 0 Å². The molecule has 0 aliphatic carbocycles. The first-order chi connectivity index (χ1) is 14.8. The van der Waals surface area contributed by atoms with E-state index in [0.29, 0.717) is 12.0 Å². The predicted molar refractivity (Wildman–Crippen MR) is 115 cm³/mol. The summed E-state index contributed by atoms with van der Waals surface area (Å²) in [6.45, 7) is 3.75. The molecule has 3 aromatic rings. The van der Waals surface area contributed by atoms with E-state index in [-0.39, 0.29) is 19.0 Å². The molecule has 0 saturated carbocycles. The van der Waals surface area contributed by atoms with Crippen molar-refractivity contribution in [1.29, 1.82) is 0 Å². The standard InChI is InChI=1S/C24H24N2O5/c1-14-13-18(23(25)29)7-10-20(14)26-19(9-12-22(27)28)8-11-21(26)16-3-5-17(6-4-16)24-30-15(2)31-24/h3-8,10-11,13,15,24H,9,12H2,1-2H3,(H2,25,29)(H,27,28). The van der Waals surface area contributed by atoms with Crippen molar-refractivity contribution in [3.63, 3.8) is 0 Å². The summed E-state index contributed by atoms with van der Waals surface area (Å²) < 4.78 is 13.1. The molecule has 2 aromatic carbocycles. The number of aryl methyl sites for hydroxylation is 2. The maximum absolute atomic E-state index is 11.6. The van der Waals surface area contributed by atoms with E-state index in [1.165, 1.54) is 0 Å². The molecule has 1 aromatic heterocycles. The minimum Gasteiger partial charge on any atom is -0.481 e. The van der Waals surface area contributed by atoms with Crippen molar-refractivity contribution in [2.24, 2.45) is 5.73 Å². The van der Waals surface area contributed by atoms with E-state index in [1.807, 2.05) is 60.9 Å². The lowest BCUT2D eigenvalue weighted by molar-refractivity contribution is -0.382. The number of hydrogen-bond donors (Lipinski definition) is 2. The van der Waals surface area contributed by atoms with Gasteiger partial charge in [-0.2, -0.15) is 0 Å². The highest BCUT2D eigenvalue weighted by atomic mass is 16.9. The zero-order chi connectivity index (χ0) is 22.1. The summed E-state index contributed by atoms with van der Waals surface area (Å²) in [5.41, 5.74) is 11.3. The van der Waals surface area contributed by atoms with E-state index in [1.54, 1.807) is 12.1 Å². The molecule has 3 N–H and O–H groups in total. The Kier molecular flexibility index (Phi) is 5.63. The number of carboxylic acid groups (broad SMARTS) is 1. The predicted octanol–water partition coefficient (Wildman–Crippen LogP) is 3.96. The Morgan fingerprint density at radius 3 is 2.35 bits per heavy atom. The van der Waals surface area contributed by atoms with Gasteiger partial charge in [0.1, 0.15) is 0 Å². The Morgan fingerprint density at radius 1 is 1.06 bits per heavy atom. The Balaban J connectivity index is 1.75. The van der Waals surface area contributed by atoms with Crippen molar-refractivity contribution < 1.29 is 24.2 Å². The average molecular weight is 420 g/mol. The molecule has 0 bridgehead atoms. The van der Waals surface area contributed by atoms with Crippen LogP contribution in [0, 0.1) is 6.92 Å². The number of carbonyl (C=O) groups excluding carboxylic acids is 1. The first kappa shape index (κ1) is 20.8. The monoisotopic (exact) mass is 420 g/mol. The zero-order valence-electron chi connectivity index (χ0n) is 17.4. The van der Waals surface area contributed by atoms with Crippen molar-refractivity contribution in [3.8, 4) is 16.9 Å². The minimum atomic E-state index is -0.853. The van der Waals surface area contributed by atoms with Crippen LogP contribution >= 0.6 is 0 Å². The van der Waals surface area contributed by atoms with Gasteiger partial charge in [0.2, 0.25) is 5.91 Å². The molecule has 0 unspecified atom stereocenters. The number of aromatic nitrogens is 1. The summed E-state index contributed by atoms with van der Waals surface area (Å²) >= 11 is 0. The smallest absolute Gasteiger partial charge is 0.303 e. The van der Waals surface area contributed by atoms with E-state index >= 15 is 0 Å². The molecule has 0 atom stereocenters. The first-order valence-electron chi connectivity index (χ1n) is 10.1. The van der Waals surface area contributed by atoms with E-state index in [0.717, 1.165) is 33.8 Å². The summed E-state index contributed by atoms with van der Waals surface area (Å²) in [7, 11) is 0. The average Bonchev–Trinajstić information content (AvgIpc) is 3.13. The van der Waals surface area contributed by atoms with Crippen LogP contribution in [0.4, 0.5) is 0 Å². The lowest BCUT2D eigenvalue weighted by Crippen LogP contribution is -2.31. The largest absolute Gasteiger partial charge is 0.481 e. The molecule has 160 valence electrons. The lowest BCUT2D eigenvalue weighted by Gasteiger charge is -2.33. The number of carboxylic acids is 1. The fraction of sp³-hybridized carbons (Fsp3) is 0.250. The molecule has 1 aliphatic heterocycles. The third-order valence-corrected chi connectivity index (χ3v) is 5.39. The van der Waals surface area contributed by atoms with E-state index in [2.05, 4.69) is 0 Å². The third kappa shape index (κ3) is 4.23. The minimum absolute atomic E-state index is 0.0232. The van der Waals surface area contributed by atoms with Gasteiger partial charge in [-0.3, -0.25) is 9.59 Å². The molecule has 1 fully saturated rings. The summed E-state index contributed by atoms with van der Waals surface area (Å²) in [6, 6.07) is 17.1. The van der Waals surface area contributed by atoms with Gasteiger partial charge in [0.05, 0.1) is 12.1 Å². The van der Waals surface area contributed by atoms with Crippen molar-refractivity contribution in [2.75, 3.05) is 0 Å². The van der Waals surface area contributed by atoms with Crippen LogP contribution in [-0.2, 0) is 20.7 Å². The quantitative estimate of drug-likeness (QED) is 0.602. The molecule has 31 heavy (non-hydrogen) atoms. The molecule has 4 rings (SSSR count). The lowest BCUT2D eigenvalue weighted by atomic mass is 10.1. The highest BCUT2D eigenvalue weighted by Gasteiger charge is 2.28. The molecule has 7 nitrogen and oxygen atoms in total. The molecular weight excluding hydrogens is 396 g/mol. The molecule has 1 aliphatic rings. The second kappa shape index (κ2) is 8.37. The zero-order valence-corrected chi connectivity index (χ0v) is 17.4. The number of benzene rings is 2. The van der Waals surface area contributed by atoms with Gasteiger partial charge in [0.15, 0.2) is 12.6 Å². The number of carbonyl (C=O) groups is 2.